The molecule has 3 aliphatic rings. The zero-order chi connectivity index (χ0) is 41.2. The van der Waals surface area contributed by atoms with Gasteiger partial charge in [0.15, 0.2) is 0 Å². The van der Waals surface area contributed by atoms with Gasteiger partial charge in [0.2, 0.25) is 11.8 Å². The summed E-state index contributed by atoms with van der Waals surface area (Å²) in [5.41, 5.74) is 11.8. The molecule has 1 saturated carbocycles. The molecule has 1 aliphatic carbocycles. The lowest BCUT2D eigenvalue weighted by molar-refractivity contribution is -0.140. The molecule has 4 aromatic carbocycles. The number of nitrogens with zero attached hydrogens (tertiary/aromatic N) is 4. The van der Waals surface area contributed by atoms with Gasteiger partial charge < -0.3 is 35.9 Å². The molecule has 12 nitrogen and oxygen atoms in total. The van der Waals surface area contributed by atoms with Crippen molar-refractivity contribution in [3.63, 3.8) is 0 Å². The number of aromatic amines is 2. The number of likely N-dealkylation sites (tertiary alicyclic amines) is 2. The van der Waals surface area contributed by atoms with E-state index in [4.69, 9.17) is 10.7 Å². The number of rotatable bonds is 10. The lowest BCUT2D eigenvalue weighted by atomic mass is 10.0. The van der Waals surface area contributed by atoms with E-state index in [1.165, 1.54) is 0 Å². The maximum Gasteiger partial charge on any atom is 0.252 e. The quantitative estimate of drug-likeness (QED) is 0.102. The van der Waals surface area contributed by atoms with Crippen molar-refractivity contribution < 1.29 is 19.5 Å². The number of amides is 3. The molecule has 2 saturated heterocycles. The first kappa shape index (κ1) is 38.7. The molecule has 60 heavy (non-hydrogen) atoms. The van der Waals surface area contributed by atoms with E-state index < -0.39 is 23.6 Å². The van der Waals surface area contributed by atoms with Crippen LogP contribution < -0.4 is 11.1 Å². The smallest absolute Gasteiger partial charge is 0.252 e. The Balaban J connectivity index is 0.831. The number of hydrogen-bond acceptors (Lipinski definition) is 7. The number of H-pyrrole nitrogens is 2. The van der Waals surface area contributed by atoms with Crippen molar-refractivity contribution in [3.05, 3.63) is 155 Å². The van der Waals surface area contributed by atoms with Gasteiger partial charge in [-0.2, -0.15) is 0 Å². The van der Waals surface area contributed by atoms with Crippen molar-refractivity contribution in [2.75, 3.05) is 13.1 Å². The van der Waals surface area contributed by atoms with Crippen LogP contribution in [0.4, 0.5) is 0 Å². The first-order valence-corrected chi connectivity index (χ1v) is 20.6. The molecule has 2 aromatic heterocycles. The molecule has 0 radical (unpaired) electrons. The summed E-state index contributed by atoms with van der Waals surface area (Å²) >= 11 is 0. The topological polar surface area (TPSA) is 173 Å². The zero-order valence-electron chi connectivity index (χ0n) is 33.1. The van der Waals surface area contributed by atoms with Gasteiger partial charge in [-0.25, -0.2) is 9.97 Å². The minimum Gasteiger partial charge on any atom is -0.380 e. The fraction of sp³-hybridized carbons (Fsp3) is 0.271. The van der Waals surface area contributed by atoms with Crippen LogP contribution in [0.25, 0.3) is 22.5 Å². The molecule has 0 unspecified atom stereocenters. The van der Waals surface area contributed by atoms with Crippen LogP contribution in [-0.2, 0) is 14.4 Å². The standard InChI is InChI=1S/C48H46N8O4/c49-41(35-9-3-1-4-10-35)45(57)55-27-7-13-39(55)43-50-29-37(52-43)33-21-17-31(18-22-33)15-16-32-19-23-34(24-20-32)38-30-51-44(53-38)40-14-8-28-56(40)46(58)42(36-11-5-2-6-12-36)54-47(59)48(60)25-26-48/h1-6,9-12,17-24,29-30,39-42,60H,7-8,13-14,25-28,49H2,(H,50,52)(H,51,53)(H,54,59)/t39-,40-,41+,42+/m0/s1. The van der Waals surface area contributed by atoms with Crippen LogP contribution in [-0.4, -0.2) is 71.3 Å². The molecule has 4 atom stereocenters. The lowest BCUT2D eigenvalue weighted by Crippen LogP contribution is -2.46. The maximum atomic E-state index is 14.1. The zero-order valence-corrected chi connectivity index (χ0v) is 33.1. The fourth-order valence-electron chi connectivity index (χ4n) is 8.24. The molecular weight excluding hydrogens is 753 g/mol. The summed E-state index contributed by atoms with van der Waals surface area (Å²) in [7, 11) is 0. The number of carbonyl (C=O) groups excluding carboxylic acids is 3. The molecule has 6 N–H and O–H groups in total. The van der Waals surface area contributed by atoms with Crippen molar-refractivity contribution in [1.29, 1.82) is 0 Å². The van der Waals surface area contributed by atoms with Gasteiger partial charge in [0.25, 0.3) is 5.91 Å². The van der Waals surface area contributed by atoms with Gasteiger partial charge in [-0.05, 0) is 85.0 Å². The summed E-state index contributed by atoms with van der Waals surface area (Å²) in [6.07, 6.45) is 7.65. The molecule has 2 aliphatic heterocycles. The molecular formula is C48H46N8O4. The number of carbonyl (C=O) groups is 3. The van der Waals surface area contributed by atoms with Crippen molar-refractivity contribution >= 4 is 17.7 Å². The van der Waals surface area contributed by atoms with E-state index in [-0.39, 0.29) is 23.9 Å². The highest BCUT2D eigenvalue weighted by Gasteiger charge is 2.49. The highest BCUT2D eigenvalue weighted by atomic mass is 16.3. The molecule has 9 rings (SSSR count). The number of nitrogens with one attached hydrogen (secondary N) is 3. The Bertz CT molecular complexity index is 2550. The van der Waals surface area contributed by atoms with Gasteiger partial charge in [-0.1, -0.05) is 96.8 Å². The van der Waals surface area contributed by atoms with Crippen LogP contribution in [0.5, 0.6) is 0 Å². The van der Waals surface area contributed by atoms with Crippen LogP contribution in [0.1, 0.15) is 96.6 Å². The highest BCUT2D eigenvalue weighted by Crippen LogP contribution is 2.38. The Morgan fingerprint density at radius 1 is 0.683 bits per heavy atom. The average Bonchev–Trinajstić information content (AvgIpc) is 3.90. The number of hydrogen-bond donors (Lipinski definition) is 5. The second-order valence-electron chi connectivity index (χ2n) is 15.9. The summed E-state index contributed by atoms with van der Waals surface area (Å²) in [5.74, 6) is 7.14. The van der Waals surface area contributed by atoms with E-state index in [2.05, 4.69) is 32.1 Å². The van der Waals surface area contributed by atoms with Gasteiger partial charge in [0.05, 0.1) is 35.9 Å². The first-order chi connectivity index (χ1) is 29.2. The van der Waals surface area contributed by atoms with E-state index >= 15 is 0 Å². The van der Waals surface area contributed by atoms with Gasteiger partial charge in [0.1, 0.15) is 29.3 Å². The van der Waals surface area contributed by atoms with Gasteiger partial charge in [-0.3, -0.25) is 14.4 Å². The molecule has 12 heteroatoms. The molecule has 0 bridgehead atoms. The Kier molecular flexibility index (Phi) is 10.6. The average molecular weight is 799 g/mol. The number of benzene rings is 4. The normalized spacial score (nSPS) is 19.0. The van der Waals surface area contributed by atoms with Crippen molar-refractivity contribution in [2.24, 2.45) is 5.73 Å². The SMILES string of the molecule is N[C@@H](C(=O)N1CCC[C@H]1c1ncc(-c2ccc(C#Cc3ccc(-c4cnc([C@@H]5CCCN5C(=O)[C@H](NC(=O)C5(O)CC5)c5ccccc5)[nH]4)cc3)cc2)[nH]1)c1ccccc1. The lowest BCUT2D eigenvalue weighted by Gasteiger charge is -2.29. The van der Waals surface area contributed by atoms with Gasteiger partial charge in [-0.15, -0.1) is 0 Å². The molecule has 6 aromatic rings. The molecule has 4 heterocycles. The highest BCUT2D eigenvalue weighted by molar-refractivity contribution is 5.93. The number of nitrogens with two attached hydrogens (primary N) is 1. The summed E-state index contributed by atoms with van der Waals surface area (Å²) < 4.78 is 0. The van der Waals surface area contributed by atoms with Crippen molar-refractivity contribution in [2.45, 2.75) is 68.3 Å². The predicted octanol–water partition coefficient (Wildman–Crippen LogP) is 6.28. The van der Waals surface area contributed by atoms with Crippen LogP contribution in [0.2, 0.25) is 0 Å². The van der Waals surface area contributed by atoms with Gasteiger partial charge in [0, 0.05) is 24.2 Å². The van der Waals surface area contributed by atoms with E-state index in [1.807, 2.05) is 120 Å². The third-order valence-corrected chi connectivity index (χ3v) is 11.9. The molecule has 302 valence electrons. The van der Waals surface area contributed by atoms with Crippen LogP contribution >= 0.6 is 0 Å². The summed E-state index contributed by atoms with van der Waals surface area (Å²) in [4.78, 5) is 60.2. The van der Waals surface area contributed by atoms with Gasteiger partial charge >= 0.3 is 0 Å². The number of imidazole rings is 2. The molecule has 3 fully saturated rings. The second kappa shape index (κ2) is 16.4. The Labute approximate surface area is 348 Å². The summed E-state index contributed by atoms with van der Waals surface area (Å²) in [5, 5.41) is 13.3. The van der Waals surface area contributed by atoms with E-state index in [9.17, 15) is 19.5 Å². The van der Waals surface area contributed by atoms with Crippen molar-refractivity contribution in [3.8, 4) is 34.4 Å². The number of aromatic nitrogens is 4. The summed E-state index contributed by atoms with van der Waals surface area (Å²) in [6, 6.07) is 32.5. The Morgan fingerprint density at radius 2 is 1.15 bits per heavy atom. The summed E-state index contributed by atoms with van der Waals surface area (Å²) in [6.45, 7) is 1.19. The van der Waals surface area contributed by atoms with Crippen LogP contribution in [0.15, 0.2) is 122 Å². The van der Waals surface area contributed by atoms with E-state index in [0.29, 0.717) is 37.3 Å². The van der Waals surface area contributed by atoms with E-state index in [1.54, 1.807) is 11.1 Å². The first-order valence-electron chi connectivity index (χ1n) is 20.6. The third-order valence-electron chi connectivity index (χ3n) is 11.9. The largest absolute Gasteiger partial charge is 0.380 e. The second-order valence-corrected chi connectivity index (χ2v) is 15.9. The molecule has 0 spiro atoms. The third kappa shape index (κ3) is 7.97. The Morgan fingerprint density at radius 3 is 1.63 bits per heavy atom. The monoisotopic (exact) mass is 798 g/mol. The van der Waals surface area contributed by atoms with Crippen molar-refractivity contribution in [1.82, 2.24) is 35.1 Å². The minimum absolute atomic E-state index is 0.0931. The maximum absolute atomic E-state index is 14.1. The molecule has 3 amide bonds. The van der Waals surface area contributed by atoms with Crippen LogP contribution in [0, 0.1) is 11.8 Å². The minimum atomic E-state index is -1.39. The Hall–Kier alpha value is -6.81. The predicted molar refractivity (Wildman–Crippen MR) is 226 cm³/mol. The van der Waals surface area contributed by atoms with E-state index in [0.717, 1.165) is 70.7 Å². The number of aliphatic hydroxyl groups is 1. The van der Waals surface area contributed by atoms with Crippen LogP contribution in [0.3, 0.4) is 0 Å². The fourth-order valence-corrected chi connectivity index (χ4v) is 8.24.